The van der Waals surface area contributed by atoms with Crippen LogP contribution in [-0.2, 0) is 10.2 Å². The minimum atomic E-state index is -0.0912. The van der Waals surface area contributed by atoms with Gasteiger partial charge in [0.2, 0.25) is 0 Å². The highest BCUT2D eigenvalue weighted by Crippen LogP contribution is 2.27. The molecule has 3 N–H and O–H groups in total. The predicted octanol–water partition coefficient (Wildman–Crippen LogP) is 2.33. The summed E-state index contributed by atoms with van der Waals surface area (Å²) in [6, 6.07) is 1.88. The largest absolute Gasteiger partial charge is 0.377 e. The summed E-state index contributed by atoms with van der Waals surface area (Å²) in [4.78, 5) is 9.03. The number of aromatic nitrogens is 2. The van der Waals surface area contributed by atoms with Crippen LogP contribution < -0.4 is 11.3 Å². The molecule has 1 aromatic rings. The van der Waals surface area contributed by atoms with Crippen LogP contribution in [0.15, 0.2) is 11.1 Å². The number of nitrogens with two attached hydrogens (primary N) is 1. The molecule has 2 heterocycles. The van der Waals surface area contributed by atoms with Crippen molar-refractivity contribution in [2.75, 3.05) is 17.8 Å². The van der Waals surface area contributed by atoms with E-state index in [0.29, 0.717) is 11.9 Å². The third-order valence-corrected chi connectivity index (χ3v) is 4.01. The first-order chi connectivity index (χ1) is 8.99. The molecule has 1 aliphatic heterocycles. The van der Waals surface area contributed by atoms with E-state index in [1.807, 2.05) is 6.07 Å². The third-order valence-electron chi connectivity index (χ3n) is 2.96. The molecule has 5 nitrogen and oxygen atoms in total. The molecule has 106 valence electrons. The standard InChI is InChI=1S/C13H22N4OS/c1-13(2,3)12-15-10(17-14)7-11(16-12)19-8-9-5-4-6-18-9/h7,9H,4-6,8,14H2,1-3H3,(H,15,16,17). The van der Waals surface area contributed by atoms with Gasteiger partial charge in [-0.3, -0.25) is 0 Å². The van der Waals surface area contributed by atoms with Crippen molar-refractivity contribution in [2.45, 2.75) is 50.2 Å². The minimum absolute atomic E-state index is 0.0912. The van der Waals surface area contributed by atoms with Crippen LogP contribution in [0.4, 0.5) is 5.82 Å². The maximum Gasteiger partial charge on any atom is 0.144 e. The first kappa shape index (κ1) is 14.6. The molecule has 2 rings (SSSR count). The Bertz CT molecular complexity index is 427. The van der Waals surface area contributed by atoms with Gasteiger partial charge in [0, 0.05) is 23.8 Å². The number of hydrazine groups is 1. The molecule has 0 saturated carbocycles. The Hall–Kier alpha value is -0.850. The molecule has 0 aliphatic carbocycles. The summed E-state index contributed by atoms with van der Waals surface area (Å²) in [5, 5.41) is 0.948. The van der Waals surface area contributed by atoms with Crippen LogP contribution in [0.3, 0.4) is 0 Å². The number of nitrogen functional groups attached to an aromatic ring is 1. The highest BCUT2D eigenvalue weighted by atomic mass is 32.2. The number of thioether (sulfide) groups is 1. The van der Waals surface area contributed by atoms with Gasteiger partial charge in [-0.2, -0.15) is 0 Å². The lowest BCUT2D eigenvalue weighted by molar-refractivity contribution is 0.129. The summed E-state index contributed by atoms with van der Waals surface area (Å²) >= 11 is 1.71. The minimum Gasteiger partial charge on any atom is -0.377 e. The van der Waals surface area contributed by atoms with Crippen molar-refractivity contribution in [3.05, 3.63) is 11.9 Å². The topological polar surface area (TPSA) is 73.1 Å². The molecule has 0 spiro atoms. The molecule has 0 aromatic carbocycles. The molecule has 1 fully saturated rings. The van der Waals surface area contributed by atoms with Gasteiger partial charge in [-0.15, -0.1) is 11.8 Å². The zero-order valence-electron chi connectivity index (χ0n) is 11.8. The van der Waals surface area contributed by atoms with Gasteiger partial charge in [0.25, 0.3) is 0 Å². The van der Waals surface area contributed by atoms with Crippen molar-refractivity contribution >= 4 is 17.6 Å². The molecule has 1 aliphatic rings. The average molecular weight is 282 g/mol. The van der Waals surface area contributed by atoms with Gasteiger partial charge in [0.05, 0.1) is 6.10 Å². The smallest absolute Gasteiger partial charge is 0.144 e. The SMILES string of the molecule is CC(C)(C)c1nc(NN)cc(SCC2CCCO2)n1. The van der Waals surface area contributed by atoms with Crippen LogP contribution in [0.1, 0.15) is 39.4 Å². The number of hydrogen-bond acceptors (Lipinski definition) is 6. The van der Waals surface area contributed by atoms with Crippen LogP contribution in [0.5, 0.6) is 0 Å². The summed E-state index contributed by atoms with van der Waals surface area (Å²) in [5.41, 5.74) is 2.52. The molecular formula is C13H22N4OS. The highest BCUT2D eigenvalue weighted by molar-refractivity contribution is 7.99. The Kier molecular flexibility index (Phi) is 4.65. The molecule has 1 saturated heterocycles. The molecule has 19 heavy (non-hydrogen) atoms. The summed E-state index contributed by atoms with van der Waals surface area (Å²) in [6.07, 6.45) is 2.66. The predicted molar refractivity (Wildman–Crippen MR) is 78.2 cm³/mol. The lowest BCUT2D eigenvalue weighted by Crippen LogP contribution is -2.19. The van der Waals surface area contributed by atoms with Gasteiger partial charge >= 0.3 is 0 Å². The maximum atomic E-state index is 5.62. The number of nitrogens with zero attached hydrogens (tertiary/aromatic N) is 2. The molecule has 1 unspecified atom stereocenters. The van der Waals surface area contributed by atoms with Gasteiger partial charge in [-0.25, -0.2) is 15.8 Å². The summed E-state index contributed by atoms with van der Waals surface area (Å²) in [7, 11) is 0. The van der Waals surface area contributed by atoms with Crippen LogP contribution >= 0.6 is 11.8 Å². The lowest BCUT2D eigenvalue weighted by Gasteiger charge is -2.18. The molecule has 1 aromatic heterocycles. The fourth-order valence-electron chi connectivity index (χ4n) is 1.86. The van der Waals surface area contributed by atoms with E-state index < -0.39 is 0 Å². The molecule has 0 radical (unpaired) electrons. The second-order valence-electron chi connectivity index (χ2n) is 5.76. The van der Waals surface area contributed by atoms with E-state index in [4.69, 9.17) is 10.6 Å². The van der Waals surface area contributed by atoms with Crippen molar-refractivity contribution in [1.29, 1.82) is 0 Å². The van der Waals surface area contributed by atoms with Gasteiger partial charge in [-0.05, 0) is 12.8 Å². The molecule has 1 atom stereocenters. The van der Waals surface area contributed by atoms with Crippen LogP contribution in [-0.4, -0.2) is 28.4 Å². The van der Waals surface area contributed by atoms with Gasteiger partial charge in [0.1, 0.15) is 16.7 Å². The van der Waals surface area contributed by atoms with Crippen LogP contribution in [0.2, 0.25) is 0 Å². The van der Waals surface area contributed by atoms with Crippen molar-refractivity contribution in [2.24, 2.45) is 5.84 Å². The van der Waals surface area contributed by atoms with E-state index in [1.165, 1.54) is 0 Å². The Morgan fingerprint density at radius 1 is 1.47 bits per heavy atom. The van der Waals surface area contributed by atoms with E-state index in [-0.39, 0.29) is 5.41 Å². The molecule has 6 heteroatoms. The number of anilines is 1. The van der Waals surface area contributed by atoms with E-state index >= 15 is 0 Å². The van der Waals surface area contributed by atoms with Crippen molar-refractivity contribution in [3.63, 3.8) is 0 Å². The van der Waals surface area contributed by atoms with E-state index in [1.54, 1.807) is 11.8 Å². The number of rotatable bonds is 4. The fraction of sp³-hybridized carbons (Fsp3) is 0.692. The quantitative estimate of drug-likeness (QED) is 0.382. The summed E-state index contributed by atoms with van der Waals surface area (Å²) < 4.78 is 5.62. The Balaban J connectivity index is 2.10. The zero-order chi connectivity index (χ0) is 13.9. The zero-order valence-corrected chi connectivity index (χ0v) is 12.6. The fourth-order valence-corrected chi connectivity index (χ4v) is 2.83. The number of ether oxygens (including phenoxy) is 1. The van der Waals surface area contributed by atoms with Crippen molar-refractivity contribution < 1.29 is 4.74 Å². The van der Waals surface area contributed by atoms with E-state index in [0.717, 1.165) is 36.1 Å². The van der Waals surface area contributed by atoms with Crippen LogP contribution in [0.25, 0.3) is 0 Å². The lowest BCUT2D eigenvalue weighted by atomic mass is 9.96. The first-order valence-corrected chi connectivity index (χ1v) is 7.58. The van der Waals surface area contributed by atoms with Gasteiger partial charge < -0.3 is 10.2 Å². The van der Waals surface area contributed by atoms with Crippen LogP contribution in [0, 0.1) is 0 Å². The normalized spacial score (nSPS) is 19.7. The molecule has 0 amide bonds. The van der Waals surface area contributed by atoms with Gasteiger partial charge in [0.15, 0.2) is 0 Å². The second-order valence-corrected chi connectivity index (χ2v) is 6.80. The third kappa shape index (κ3) is 4.06. The number of nitrogens with one attached hydrogen (secondary N) is 1. The summed E-state index contributed by atoms with van der Waals surface area (Å²) in [6.45, 7) is 7.17. The van der Waals surface area contributed by atoms with E-state index in [9.17, 15) is 0 Å². The monoisotopic (exact) mass is 282 g/mol. The Labute approximate surface area is 118 Å². The molecule has 0 bridgehead atoms. The second kappa shape index (κ2) is 6.07. The van der Waals surface area contributed by atoms with Gasteiger partial charge in [-0.1, -0.05) is 20.8 Å². The average Bonchev–Trinajstić information content (AvgIpc) is 2.88. The van der Waals surface area contributed by atoms with E-state index in [2.05, 4.69) is 36.2 Å². The number of hydrogen-bond donors (Lipinski definition) is 2. The highest BCUT2D eigenvalue weighted by Gasteiger charge is 2.20. The van der Waals surface area contributed by atoms with Crippen molar-refractivity contribution in [1.82, 2.24) is 9.97 Å². The maximum absolute atomic E-state index is 5.62. The van der Waals surface area contributed by atoms with Crippen molar-refractivity contribution in [3.8, 4) is 0 Å². The summed E-state index contributed by atoms with van der Waals surface area (Å²) in [5.74, 6) is 7.88. The Morgan fingerprint density at radius 3 is 2.84 bits per heavy atom. The first-order valence-electron chi connectivity index (χ1n) is 6.59. The molecular weight excluding hydrogens is 260 g/mol. The Morgan fingerprint density at radius 2 is 2.26 bits per heavy atom.